The molecule has 1 aromatic rings. The Labute approximate surface area is 91.0 Å². The molecule has 0 spiro atoms. The van der Waals surface area contributed by atoms with Gasteiger partial charge in [0.1, 0.15) is 0 Å². The maximum absolute atomic E-state index is 6.14. The molecular formula is C9H10BrClN2. The van der Waals surface area contributed by atoms with Crippen molar-refractivity contribution in [2.45, 2.75) is 12.8 Å². The van der Waals surface area contributed by atoms with Gasteiger partial charge < -0.3 is 4.90 Å². The van der Waals surface area contributed by atoms with Crippen molar-refractivity contribution in [3.63, 3.8) is 0 Å². The highest BCUT2D eigenvalue weighted by Crippen LogP contribution is 2.33. The van der Waals surface area contributed by atoms with Gasteiger partial charge in [-0.1, -0.05) is 11.6 Å². The molecule has 70 valence electrons. The molecule has 0 N–H and O–H groups in total. The minimum atomic E-state index is 0.775. The summed E-state index contributed by atoms with van der Waals surface area (Å²) in [5.41, 5.74) is 1.05. The van der Waals surface area contributed by atoms with Gasteiger partial charge in [-0.05, 0) is 28.8 Å². The lowest BCUT2D eigenvalue weighted by molar-refractivity contribution is 0.949. The van der Waals surface area contributed by atoms with Crippen molar-refractivity contribution < 1.29 is 0 Å². The number of hydrogen-bond acceptors (Lipinski definition) is 2. The molecule has 1 aromatic heterocycles. The maximum Gasteiger partial charge on any atom is 0.0812 e. The van der Waals surface area contributed by atoms with Gasteiger partial charge in [-0.2, -0.15) is 0 Å². The first-order valence-electron chi connectivity index (χ1n) is 4.33. The van der Waals surface area contributed by atoms with Crippen LogP contribution in [-0.4, -0.2) is 18.1 Å². The summed E-state index contributed by atoms with van der Waals surface area (Å²) in [5.74, 6) is 0. The Morgan fingerprint density at radius 1 is 1.31 bits per heavy atom. The van der Waals surface area contributed by atoms with Gasteiger partial charge in [0.2, 0.25) is 0 Å². The topological polar surface area (TPSA) is 16.1 Å². The Kier molecular flexibility index (Phi) is 2.74. The van der Waals surface area contributed by atoms with E-state index in [9.17, 15) is 0 Å². The predicted molar refractivity (Wildman–Crippen MR) is 58.4 cm³/mol. The summed E-state index contributed by atoms with van der Waals surface area (Å²) in [4.78, 5) is 6.39. The molecule has 0 saturated carbocycles. The van der Waals surface area contributed by atoms with E-state index in [0.29, 0.717) is 0 Å². The van der Waals surface area contributed by atoms with E-state index >= 15 is 0 Å². The smallest absolute Gasteiger partial charge is 0.0812 e. The normalized spacial score (nSPS) is 16.6. The van der Waals surface area contributed by atoms with E-state index in [0.717, 1.165) is 28.3 Å². The predicted octanol–water partition coefficient (Wildman–Crippen LogP) is 3.10. The first kappa shape index (κ1) is 9.28. The van der Waals surface area contributed by atoms with Crippen LogP contribution in [0.25, 0.3) is 0 Å². The van der Waals surface area contributed by atoms with E-state index in [2.05, 4.69) is 25.8 Å². The number of anilines is 1. The van der Waals surface area contributed by atoms with E-state index in [1.54, 1.807) is 6.20 Å². The highest BCUT2D eigenvalue weighted by molar-refractivity contribution is 9.10. The molecule has 0 radical (unpaired) electrons. The van der Waals surface area contributed by atoms with Crippen molar-refractivity contribution in [1.82, 2.24) is 4.98 Å². The zero-order valence-electron chi connectivity index (χ0n) is 7.13. The maximum atomic E-state index is 6.14. The fourth-order valence-electron chi connectivity index (χ4n) is 1.59. The first-order chi connectivity index (χ1) is 6.29. The number of aromatic nitrogens is 1. The highest BCUT2D eigenvalue weighted by atomic mass is 79.9. The fourth-order valence-corrected chi connectivity index (χ4v) is 2.13. The molecule has 0 aliphatic carbocycles. The van der Waals surface area contributed by atoms with Gasteiger partial charge in [0, 0.05) is 19.3 Å². The molecule has 4 heteroatoms. The minimum absolute atomic E-state index is 0.775. The highest BCUT2D eigenvalue weighted by Gasteiger charge is 2.16. The Balaban J connectivity index is 2.33. The lowest BCUT2D eigenvalue weighted by Crippen LogP contribution is -2.18. The van der Waals surface area contributed by atoms with E-state index in [-0.39, 0.29) is 0 Å². The average molecular weight is 262 g/mol. The van der Waals surface area contributed by atoms with Gasteiger partial charge in [-0.3, -0.25) is 4.98 Å². The lowest BCUT2D eigenvalue weighted by Gasteiger charge is -2.18. The monoisotopic (exact) mass is 260 g/mol. The summed E-state index contributed by atoms with van der Waals surface area (Å²) < 4.78 is 0.874. The van der Waals surface area contributed by atoms with Crippen LogP contribution in [0, 0.1) is 0 Å². The molecule has 2 heterocycles. The summed E-state index contributed by atoms with van der Waals surface area (Å²) in [6.45, 7) is 2.19. The van der Waals surface area contributed by atoms with Gasteiger partial charge in [0.25, 0.3) is 0 Å². The van der Waals surface area contributed by atoms with Crippen LogP contribution in [0.15, 0.2) is 16.9 Å². The molecule has 0 bridgehead atoms. The van der Waals surface area contributed by atoms with Crippen LogP contribution in [-0.2, 0) is 0 Å². The molecule has 1 fully saturated rings. The molecule has 2 rings (SSSR count). The van der Waals surface area contributed by atoms with Gasteiger partial charge in [0.15, 0.2) is 0 Å². The third kappa shape index (κ3) is 1.81. The van der Waals surface area contributed by atoms with Crippen molar-refractivity contribution in [3.05, 3.63) is 21.9 Å². The van der Waals surface area contributed by atoms with Crippen LogP contribution in [0.2, 0.25) is 5.02 Å². The summed E-state index contributed by atoms with van der Waals surface area (Å²) in [5, 5.41) is 0.775. The van der Waals surface area contributed by atoms with Crippen LogP contribution in [0.4, 0.5) is 5.69 Å². The number of hydrogen-bond donors (Lipinski definition) is 0. The fraction of sp³-hybridized carbons (Fsp3) is 0.444. The molecule has 1 aliphatic heterocycles. The number of rotatable bonds is 1. The quantitative estimate of drug-likeness (QED) is 0.772. The van der Waals surface area contributed by atoms with Crippen LogP contribution >= 0.6 is 27.5 Å². The average Bonchev–Trinajstić information content (AvgIpc) is 2.62. The molecule has 0 atom stereocenters. The molecule has 2 nitrogen and oxygen atoms in total. The lowest BCUT2D eigenvalue weighted by atomic mass is 10.4. The Morgan fingerprint density at radius 2 is 2.00 bits per heavy atom. The largest absolute Gasteiger partial charge is 0.369 e. The van der Waals surface area contributed by atoms with Crippen LogP contribution in [0.3, 0.4) is 0 Å². The Morgan fingerprint density at radius 3 is 2.69 bits per heavy atom. The van der Waals surface area contributed by atoms with Crippen molar-refractivity contribution in [3.8, 4) is 0 Å². The minimum Gasteiger partial charge on any atom is -0.369 e. The molecule has 1 aliphatic rings. The van der Waals surface area contributed by atoms with Crippen LogP contribution < -0.4 is 4.90 Å². The zero-order valence-corrected chi connectivity index (χ0v) is 9.48. The summed E-state index contributed by atoms with van der Waals surface area (Å²) in [7, 11) is 0. The van der Waals surface area contributed by atoms with E-state index in [1.807, 2.05) is 6.20 Å². The van der Waals surface area contributed by atoms with Gasteiger partial charge in [-0.25, -0.2) is 0 Å². The third-order valence-corrected chi connectivity index (χ3v) is 3.49. The zero-order chi connectivity index (χ0) is 9.26. The molecular weight excluding hydrogens is 251 g/mol. The van der Waals surface area contributed by atoms with Crippen molar-refractivity contribution in [2.24, 2.45) is 0 Å². The molecule has 0 unspecified atom stereocenters. The van der Waals surface area contributed by atoms with E-state index in [4.69, 9.17) is 11.6 Å². The molecule has 0 aromatic carbocycles. The van der Waals surface area contributed by atoms with Crippen LogP contribution in [0.5, 0.6) is 0 Å². The number of nitrogens with zero attached hydrogens (tertiary/aromatic N) is 2. The second kappa shape index (κ2) is 3.84. The van der Waals surface area contributed by atoms with Crippen LogP contribution in [0.1, 0.15) is 12.8 Å². The Bertz CT molecular complexity index is 310. The summed E-state index contributed by atoms with van der Waals surface area (Å²) >= 11 is 9.52. The van der Waals surface area contributed by atoms with Gasteiger partial charge in [-0.15, -0.1) is 0 Å². The second-order valence-electron chi connectivity index (χ2n) is 3.15. The molecule has 13 heavy (non-hydrogen) atoms. The number of halogens is 2. The summed E-state index contributed by atoms with van der Waals surface area (Å²) in [6, 6.07) is 0. The van der Waals surface area contributed by atoms with Crippen molar-refractivity contribution in [2.75, 3.05) is 18.0 Å². The third-order valence-electron chi connectivity index (χ3n) is 2.27. The SMILES string of the molecule is Clc1c(Br)cncc1N1CCCC1. The van der Waals surface area contributed by atoms with Crippen molar-refractivity contribution >= 4 is 33.2 Å². The Hall–Kier alpha value is -0.280. The van der Waals surface area contributed by atoms with E-state index < -0.39 is 0 Å². The van der Waals surface area contributed by atoms with Gasteiger partial charge >= 0.3 is 0 Å². The first-order valence-corrected chi connectivity index (χ1v) is 5.50. The molecule has 1 saturated heterocycles. The standard InChI is InChI=1S/C9H10BrClN2/c10-7-5-12-6-8(9(7)11)13-3-1-2-4-13/h5-6H,1-4H2. The summed E-state index contributed by atoms with van der Waals surface area (Å²) in [6.07, 6.45) is 6.06. The number of pyridine rings is 1. The van der Waals surface area contributed by atoms with Crippen molar-refractivity contribution in [1.29, 1.82) is 0 Å². The molecule has 0 amide bonds. The van der Waals surface area contributed by atoms with E-state index in [1.165, 1.54) is 12.8 Å². The second-order valence-corrected chi connectivity index (χ2v) is 4.38. The van der Waals surface area contributed by atoms with Gasteiger partial charge in [0.05, 0.1) is 21.4 Å².